The zero-order chi connectivity index (χ0) is 8.43. The number of aliphatic hydroxyl groups is 1. The van der Waals surface area contributed by atoms with Crippen molar-refractivity contribution in [3.8, 4) is 0 Å². The summed E-state index contributed by atoms with van der Waals surface area (Å²) in [6.45, 7) is 5.50. The second kappa shape index (κ2) is 3.05. The van der Waals surface area contributed by atoms with E-state index in [9.17, 15) is 5.11 Å². The lowest BCUT2D eigenvalue weighted by atomic mass is 10.2. The topological polar surface area (TPSA) is 46.3 Å². The molecule has 11 heavy (non-hydrogen) atoms. The van der Waals surface area contributed by atoms with Crippen LogP contribution in [0.3, 0.4) is 0 Å². The minimum absolute atomic E-state index is 0.479. The van der Waals surface area contributed by atoms with Gasteiger partial charge in [-0.05, 0) is 13.3 Å². The smallest absolute Gasteiger partial charge is 0.191 e. The van der Waals surface area contributed by atoms with Crippen LogP contribution < -0.4 is 0 Å². The molecular weight excluding hydrogens is 142 g/mol. The molecule has 0 spiro atoms. The number of rotatable bonds is 2. The van der Waals surface area contributed by atoms with Gasteiger partial charge in [-0.1, -0.05) is 6.92 Å². The van der Waals surface area contributed by atoms with E-state index in [2.05, 4.69) is 4.98 Å². The van der Waals surface area contributed by atoms with E-state index in [4.69, 9.17) is 4.42 Å². The van der Waals surface area contributed by atoms with Gasteiger partial charge in [-0.25, -0.2) is 4.98 Å². The molecule has 0 bridgehead atoms. The molecule has 1 unspecified atom stereocenters. The number of hydrogen-bond acceptors (Lipinski definition) is 3. The quantitative estimate of drug-likeness (QED) is 0.707. The molecule has 1 atom stereocenters. The Kier molecular flexibility index (Phi) is 2.29. The summed E-state index contributed by atoms with van der Waals surface area (Å²) < 4.78 is 5.17. The molecule has 0 fully saturated rings. The van der Waals surface area contributed by atoms with Gasteiger partial charge in [-0.3, -0.25) is 0 Å². The first-order valence-corrected chi connectivity index (χ1v) is 3.77. The van der Waals surface area contributed by atoms with Crippen molar-refractivity contribution in [2.45, 2.75) is 33.3 Å². The first-order chi connectivity index (χ1) is 5.15. The van der Waals surface area contributed by atoms with Crippen LogP contribution in [-0.2, 0) is 0 Å². The third kappa shape index (κ3) is 1.60. The van der Waals surface area contributed by atoms with Crippen molar-refractivity contribution in [3.63, 3.8) is 0 Å². The van der Waals surface area contributed by atoms with Gasteiger partial charge in [0, 0.05) is 6.92 Å². The van der Waals surface area contributed by atoms with E-state index in [0.717, 1.165) is 5.76 Å². The summed E-state index contributed by atoms with van der Waals surface area (Å²) in [6, 6.07) is 0. The number of oxazole rings is 1. The summed E-state index contributed by atoms with van der Waals surface area (Å²) in [6.07, 6.45) is 0.194. The van der Waals surface area contributed by atoms with Gasteiger partial charge in [0.25, 0.3) is 0 Å². The van der Waals surface area contributed by atoms with Gasteiger partial charge in [0.05, 0.1) is 6.10 Å². The Hall–Kier alpha value is -0.830. The Balaban J connectivity index is 2.93. The fourth-order valence-corrected chi connectivity index (χ4v) is 1.05. The van der Waals surface area contributed by atoms with E-state index >= 15 is 0 Å². The molecule has 62 valence electrons. The molecule has 0 radical (unpaired) electrons. The van der Waals surface area contributed by atoms with E-state index in [1.807, 2.05) is 13.8 Å². The Morgan fingerprint density at radius 1 is 1.55 bits per heavy atom. The van der Waals surface area contributed by atoms with Crippen LogP contribution in [0.4, 0.5) is 0 Å². The second-order valence-corrected chi connectivity index (χ2v) is 2.60. The van der Waals surface area contributed by atoms with E-state index < -0.39 is 6.10 Å². The first kappa shape index (κ1) is 8.27. The molecule has 1 rings (SSSR count). The summed E-state index contributed by atoms with van der Waals surface area (Å²) in [5.41, 5.74) is 0.671. The van der Waals surface area contributed by atoms with Gasteiger partial charge >= 0.3 is 0 Å². The van der Waals surface area contributed by atoms with Gasteiger partial charge in [0.1, 0.15) is 11.5 Å². The average Bonchev–Trinajstić information content (AvgIpc) is 2.28. The van der Waals surface area contributed by atoms with Crippen LogP contribution in [0.2, 0.25) is 0 Å². The highest BCUT2D eigenvalue weighted by Crippen LogP contribution is 2.19. The van der Waals surface area contributed by atoms with Crippen LogP contribution in [0, 0.1) is 13.8 Å². The molecule has 1 N–H and O–H groups in total. The second-order valence-electron chi connectivity index (χ2n) is 2.60. The number of aliphatic hydroxyl groups excluding tert-OH is 1. The predicted octanol–water partition coefficient (Wildman–Crippen LogP) is 1.73. The third-order valence-corrected chi connectivity index (χ3v) is 1.64. The van der Waals surface area contributed by atoms with Gasteiger partial charge in [0.15, 0.2) is 5.89 Å². The summed E-state index contributed by atoms with van der Waals surface area (Å²) >= 11 is 0. The molecule has 0 aliphatic heterocycles. The maximum Gasteiger partial charge on any atom is 0.191 e. The highest BCUT2D eigenvalue weighted by Gasteiger charge is 2.13. The maximum absolute atomic E-state index is 9.40. The number of nitrogens with zero attached hydrogens (tertiary/aromatic N) is 1. The Bertz CT molecular complexity index is 242. The summed E-state index contributed by atoms with van der Waals surface area (Å²) in [5.74, 6) is 1.34. The molecule has 0 aliphatic carbocycles. The molecule has 0 aromatic carbocycles. The average molecular weight is 155 g/mol. The standard InChI is InChI=1S/C8H13NO2/c1-4-7(10)8-5(2)11-6(3)9-8/h7,10H,4H2,1-3H3. The lowest BCUT2D eigenvalue weighted by Crippen LogP contribution is -1.97. The molecular formula is C8H13NO2. The Morgan fingerprint density at radius 3 is 2.55 bits per heavy atom. The van der Waals surface area contributed by atoms with Crippen molar-refractivity contribution in [2.75, 3.05) is 0 Å². The normalized spacial score (nSPS) is 13.5. The van der Waals surface area contributed by atoms with Crippen molar-refractivity contribution >= 4 is 0 Å². The van der Waals surface area contributed by atoms with Gasteiger partial charge in [-0.2, -0.15) is 0 Å². The van der Waals surface area contributed by atoms with E-state index in [1.54, 1.807) is 6.92 Å². The summed E-state index contributed by atoms with van der Waals surface area (Å²) in [5, 5.41) is 9.40. The van der Waals surface area contributed by atoms with Gasteiger partial charge in [-0.15, -0.1) is 0 Å². The molecule has 0 saturated heterocycles. The number of aromatic nitrogens is 1. The fraction of sp³-hybridized carbons (Fsp3) is 0.625. The minimum atomic E-state index is -0.479. The molecule has 3 heteroatoms. The highest BCUT2D eigenvalue weighted by atomic mass is 16.4. The van der Waals surface area contributed by atoms with Crippen LogP contribution >= 0.6 is 0 Å². The first-order valence-electron chi connectivity index (χ1n) is 3.77. The lowest BCUT2D eigenvalue weighted by Gasteiger charge is -2.02. The van der Waals surface area contributed by atoms with Crippen molar-refractivity contribution in [2.24, 2.45) is 0 Å². The molecule has 1 heterocycles. The summed E-state index contributed by atoms with van der Waals surface area (Å²) in [4.78, 5) is 4.06. The van der Waals surface area contributed by atoms with E-state index in [1.165, 1.54) is 0 Å². The van der Waals surface area contributed by atoms with Gasteiger partial charge < -0.3 is 9.52 Å². The highest BCUT2D eigenvalue weighted by molar-refractivity contribution is 5.10. The number of aryl methyl sites for hydroxylation is 2. The zero-order valence-electron chi connectivity index (χ0n) is 7.09. The van der Waals surface area contributed by atoms with Crippen LogP contribution in [0.25, 0.3) is 0 Å². The third-order valence-electron chi connectivity index (χ3n) is 1.64. The minimum Gasteiger partial charge on any atom is -0.446 e. The van der Waals surface area contributed by atoms with Crippen molar-refractivity contribution in [1.82, 2.24) is 4.98 Å². The maximum atomic E-state index is 9.40. The van der Waals surface area contributed by atoms with Crippen molar-refractivity contribution < 1.29 is 9.52 Å². The van der Waals surface area contributed by atoms with Crippen LogP contribution in [0.15, 0.2) is 4.42 Å². The summed E-state index contributed by atoms with van der Waals surface area (Å²) in [7, 11) is 0. The predicted molar refractivity (Wildman–Crippen MR) is 41.2 cm³/mol. The monoisotopic (exact) mass is 155 g/mol. The number of hydrogen-bond donors (Lipinski definition) is 1. The molecule has 0 aliphatic rings. The fourth-order valence-electron chi connectivity index (χ4n) is 1.05. The lowest BCUT2D eigenvalue weighted by molar-refractivity contribution is 0.167. The largest absolute Gasteiger partial charge is 0.446 e. The van der Waals surface area contributed by atoms with E-state index in [0.29, 0.717) is 18.0 Å². The SMILES string of the molecule is CCC(O)c1nc(C)oc1C. The molecule has 0 saturated carbocycles. The molecule has 1 aromatic rings. The van der Waals surface area contributed by atoms with Crippen LogP contribution in [0.5, 0.6) is 0 Å². The zero-order valence-corrected chi connectivity index (χ0v) is 7.09. The molecule has 0 amide bonds. The van der Waals surface area contributed by atoms with Crippen molar-refractivity contribution in [1.29, 1.82) is 0 Å². The Labute approximate surface area is 66.1 Å². The van der Waals surface area contributed by atoms with Crippen LogP contribution in [0.1, 0.15) is 36.8 Å². The van der Waals surface area contributed by atoms with Gasteiger partial charge in [0.2, 0.25) is 0 Å². The molecule has 1 aromatic heterocycles. The van der Waals surface area contributed by atoms with Crippen molar-refractivity contribution in [3.05, 3.63) is 17.3 Å². The van der Waals surface area contributed by atoms with Crippen LogP contribution in [-0.4, -0.2) is 10.1 Å². The molecule has 3 nitrogen and oxygen atoms in total. The Morgan fingerprint density at radius 2 is 2.18 bits per heavy atom. The van der Waals surface area contributed by atoms with E-state index in [-0.39, 0.29) is 0 Å².